The van der Waals surface area contributed by atoms with Crippen LogP contribution in [0.2, 0.25) is 0 Å². The number of benzene rings is 2. The number of hydrogen-bond donors (Lipinski definition) is 1. The molecule has 0 aromatic heterocycles. The van der Waals surface area contributed by atoms with Gasteiger partial charge in [0, 0.05) is 13.1 Å². The van der Waals surface area contributed by atoms with Crippen LogP contribution in [-0.2, 0) is 10.3 Å². The number of carbonyl (C=O) groups excluding carboxylic acids is 4. The monoisotopic (exact) mass is 407 g/mol. The Morgan fingerprint density at radius 2 is 1.53 bits per heavy atom. The van der Waals surface area contributed by atoms with Crippen LogP contribution in [0.1, 0.15) is 38.8 Å². The van der Waals surface area contributed by atoms with Crippen molar-refractivity contribution in [1.82, 2.24) is 15.1 Å². The summed E-state index contributed by atoms with van der Waals surface area (Å²) >= 11 is 0. The average molecular weight is 407 g/mol. The zero-order valence-electron chi connectivity index (χ0n) is 16.9. The van der Waals surface area contributed by atoms with Gasteiger partial charge in [-0.25, -0.2) is 4.79 Å². The van der Waals surface area contributed by atoms with Crippen molar-refractivity contribution in [2.45, 2.75) is 19.4 Å². The van der Waals surface area contributed by atoms with Gasteiger partial charge in [0.05, 0.1) is 18.2 Å². The third-order valence-electron chi connectivity index (χ3n) is 5.67. The number of nitrogens with one attached hydrogen (secondary N) is 1. The molecule has 154 valence electrons. The molecule has 1 saturated heterocycles. The summed E-state index contributed by atoms with van der Waals surface area (Å²) in [5.41, 5.74) is 0.887. The van der Waals surface area contributed by atoms with E-state index in [9.17, 15) is 19.2 Å². The van der Waals surface area contributed by atoms with Crippen molar-refractivity contribution in [2.75, 3.05) is 20.2 Å². The number of carbonyl (C=O) groups is 4. The zero-order valence-corrected chi connectivity index (χ0v) is 16.9. The van der Waals surface area contributed by atoms with Gasteiger partial charge < -0.3 is 10.1 Å². The first-order valence-corrected chi connectivity index (χ1v) is 9.52. The number of urea groups is 1. The molecule has 2 aromatic carbocycles. The van der Waals surface area contributed by atoms with Crippen LogP contribution in [0.4, 0.5) is 4.79 Å². The molecule has 1 atom stereocenters. The van der Waals surface area contributed by atoms with Gasteiger partial charge in [-0.3, -0.25) is 24.2 Å². The van der Waals surface area contributed by atoms with Crippen LogP contribution in [0, 0.1) is 6.92 Å². The molecule has 1 unspecified atom stereocenters. The highest BCUT2D eigenvalue weighted by molar-refractivity contribution is 6.21. The topological polar surface area (TPSA) is 96.0 Å². The van der Waals surface area contributed by atoms with Crippen LogP contribution in [0.5, 0.6) is 5.75 Å². The summed E-state index contributed by atoms with van der Waals surface area (Å²) in [5, 5.41) is 2.73. The Morgan fingerprint density at radius 3 is 2.10 bits per heavy atom. The van der Waals surface area contributed by atoms with Crippen LogP contribution in [0.15, 0.2) is 42.5 Å². The van der Waals surface area contributed by atoms with Crippen LogP contribution >= 0.6 is 0 Å². The van der Waals surface area contributed by atoms with Crippen LogP contribution in [0.3, 0.4) is 0 Å². The molecule has 8 nitrogen and oxygen atoms in total. The molecule has 2 aromatic rings. The molecule has 2 aliphatic heterocycles. The highest BCUT2D eigenvalue weighted by Gasteiger charge is 2.49. The van der Waals surface area contributed by atoms with Crippen molar-refractivity contribution < 1.29 is 23.9 Å². The molecular weight excluding hydrogens is 386 g/mol. The Morgan fingerprint density at radius 1 is 0.933 bits per heavy atom. The van der Waals surface area contributed by atoms with Crippen molar-refractivity contribution in [3.63, 3.8) is 0 Å². The number of fused-ring (bicyclic) bond motifs is 1. The first kappa shape index (κ1) is 19.6. The molecule has 2 heterocycles. The third-order valence-corrected chi connectivity index (χ3v) is 5.67. The maximum absolute atomic E-state index is 13.1. The van der Waals surface area contributed by atoms with Crippen molar-refractivity contribution in [3.05, 3.63) is 64.7 Å². The van der Waals surface area contributed by atoms with Crippen molar-refractivity contribution in [3.8, 4) is 5.75 Å². The second kappa shape index (κ2) is 6.98. The average Bonchev–Trinajstić information content (AvgIpc) is 3.11. The maximum Gasteiger partial charge on any atom is 0.325 e. The predicted molar refractivity (Wildman–Crippen MR) is 107 cm³/mol. The zero-order chi connectivity index (χ0) is 21.6. The summed E-state index contributed by atoms with van der Waals surface area (Å²) < 4.78 is 5.25. The second-order valence-corrected chi connectivity index (χ2v) is 7.50. The SMILES string of the molecule is COc1ccc(C2(C)NC(=O)N(CCN3C(=O)c4ccccc4C3=O)C2=O)cc1C. The first-order valence-electron chi connectivity index (χ1n) is 9.52. The largest absolute Gasteiger partial charge is 0.496 e. The van der Waals surface area contributed by atoms with E-state index in [1.54, 1.807) is 56.5 Å². The lowest BCUT2D eigenvalue weighted by molar-refractivity contribution is -0.131. The normalized spacial score (nSPS) is 20.6. The van der Waals surface area contributed by atoms with Gasteiger partial charge in [0.2, 0.25) is 0 Å². The molecule has 2 aliphatic rings. The van der Waals surface area contributed by atoms with Crippen LogP contribution in [-0.4, -0.2) is 53.8 Å². The number of nitrogens with zero attached hydrogens (tertiary/aromatic N) is 2. The molecule has 0 bridgehead atoms. The summed E-state index contributed by atoms with van der Waals surface area (Å²) in [6.45, 7) is 3.34. The van der Waals surface area contributed by atoms with Crippen LogP contribution in [0.25, 0.3) is 0 Å². The molecule has 30 heavy (non-hydrogen) atoms. The molecule has 0 spiro atoms. The second-order valence-electron chi connectivity index (χ2n) is 7.50. The molecule has 0 aliphatic carbocycles. The van der Waals surface area contributed by atoms with Gasteiger partial charge in [0.15, 0.2) is 0 Å². The fourth-order valence-electron chi connectivity index (χ4n) is 3.93. The predicted octanol–water partition coefficient (Wildman–Crippen LogP) is 2.07. The van der Waals surface area contributed by atoms with E-state index in [-0.39, 0.29) is 13.1 Å². The maximum atomic E-state index is 13.1. The molecular formula is C22H21N3O5. The quantitative estimate of drug-likeness (QED) is 0.605. The van der Waals surface area contributed by atoms with Crippen molar-refractivity contribution in [1.29, 1.82) is 0 Å². The lowest BCUT2D eigenvalue weighted by Crippen LogP contribution is -2.43. The van der Waals surface area contributed by atoms with E-state index in [2.05, 4.69) is 5.32 Å². The minimum absolute atomic E-state index is 0.0662. The summed E-state index contributed by atoms with van der Waals surface area (Å²) in [6.07, 6.45) is 0. The molecule has 0 saturated carbocycles. The van der Waals surface area contributed by atoms with E-state index >= 15 is 0 Å². The number of hydrogen-bond acceptors (Lipinski definition) is 5. The minimum Gasteiger partial charge on any atom is -0.496 e. The fourth-order valence-corrected chi connectivity index (χ4v) is 3.93. The van der Waals surface area contributed by atoms with Gasteiger partial charge in [0.25, 0.3) is 17.7 Å². The molecule has 1 fully saturated rings. The fraction of sp³-hybridized carbons (Fsp3) is 0.273. The van der Waals surface area contributed by atoms with E-state index in [1.807, 2.05) is 6.92 Å². The number of ether oxygens (including phenoxy) is 1. The molecule has 4 rings (SSSR count). The Balaban J connectivity index is 1.52. The van der Waals surface area contributed by atoms with Crippen LogP contribution < -0.4 is 10.1 Å². The van der Waals surface area contributed by atoms with Gasteiger partial charge >= 0.3 is 6.03 Å². The third kappa shape index (κ3) is 2.83. The molecule has 8 heteroatoms. The highest BCUT2D eigenvalue weighted by atomic mass is 16.5. The summed E-state index contributed by atoms with van der Waals surface area (Å²) in [6, 6.07) is 11.3. The van der Waals surface area contributed by atoms with Gasteiger partial charge in [-0.2, -0.15) is 0 Å². The van der Waals surface area contributed by atoms with Gasteiger partial charge in [-0.1, -0.05) is 18.2 Å². The summed E-state index contributed by atoms with van der Waals surface area (Å²) in [4.78, 5) is 52.8. The van der Waals surface area contributed by atoms with E-state index in [0.717, 1.165) is 15.4 Å². The van der Waals surface area contributed by atoms with Crippen molar-refractivity contribution in [2.24, 2.45) is 0 Å². The number of rotatable bonds is 5. The van der Waals surface area contributed by atoms with E-state index in [4.69, 9.17) is 4.74 Å². The smallest absolute Gasteiger partial charge is 0.325 e. The lowest BCUT2D eigenvalue weighted by atomic mass is 9.90. The van der Waals surface area contributed by atoms with E-state index in [1.165, 1.54) is 0 Å². The van der Waals surface area contributed by atoms with Gasteiger partial charge in [-0.15, -0.1) is 0 Å². The minimum atomic E-state index is -1.24. The summed E-state index contributed by atoms with van der Waals surface area (Å²) in [7, 11) is 1.56. The Hall–Kier alpha value is -3.68. The number of imide groups is 2. The standard InChI is InChI=1S/C22H21N3O5/c1-13-12-14(8-9-17(13)30-3)22(2)20(28)25(21(29)23-22)11-10-24-18(26)15-6-4-5-7-16(15)19(24)27/h4-9,12H,10-11H2,1-3H3,(H,23,29). The Bertz CT molecular complexity index is 1060. The first-order chi connectivity index (χ1) is 14.3. The van der Waals surface area contributed by atoms with Crippen molar-refractivity contribution >= 4 is 23.8 Å². The molecule has 1 N–H and O–H groups in total. The highest BCUT2D eigenvalue weighted by Crippen LogP contribution is 2.32. The molecule has 5 amide bonds. The number of methoxy groups -OCH3 is 1. The Labute approximate surface area is 173 Å². The van der Waals surface area contributed by atoms with Gasteiger partial charge in [0.1, 0.15) is 11.3 Å². The number of amides is 5. The summed E-state index contributed by atoms with van der Waals surface area (Å²) in [5.74, 6) is -0.595. The number of aryl methyl sites for hydroxylation is 1. The van der Waals surface area contributed by atoms with E-state index in [0.29, 0.717) is 22.4 Å². The lowest BCUT2D eigenvalue weighted by Gasteiger charge is -2.24. The Kier molecular flexibility index (Phi) is 4.57. The molecule has 0 radical (unpaired) electrons. The van der Waals surface area contributed by atoms with Gasteiger partial charge in [-0.05, 0) is 49.2 Å². The van der Waals surface area contributed by atoms with E-state index < -0.39 is 29.3 Å².